The number of carbonyl (C=O) groups is 3. The molecular formula is C36H30N2O3. The van der Waals surface area contributed by atoms with Crippen LogP contribution in [0.1, 0.15) is 49.7 Å². The van der Waals surface area contributed by atoms with E-state index in [-0.39, 0.29) is 30.4 Å². The first-order valence-electron chi connectivity index (χ1n) is 13.4. The topological polar surface area (TPSA) is 89.3 Å². The Morgan fingerprint density at radius 3 is 1.93 bits per heavy atom. The van der Waals surface area contributed by atoms with E-state index in [2.05, 4.69) is 59.6 Å². The summed E-state index contributed by atoms with van der Waals surface area (Å²) in [5, 5.41) is 3.02. The molecule has 3 N–H and O–H groups in total. The SMILES string of the molecule is Cc1ccc(CC(=O)Nc2ccc(C3c4ccccc4-c4ccccc43)cc2C(=O)c2ccccc2)cc1.NC=O. The summed E-state index contributed by atoms with van der Waals surface area (Å²) in [7, 11) is 0. The van der Waals surface area contributed by atoms with Gasteiger partial charge in [0.1, 0.15) is 0 Å². The normalized spacial score (nSPS) is 11.4. The fraction of sp³-hybridized carbons (Fsp3) is 0.0833. The highest BCUT2D eigenvalue weighted by Crippen LogP contribution is 2.48. The Morgan fingerprint density at radius 2 is 1.32 bits per heavy atom. The number of amides is 2. The standard InChI is InChI=1S/C35H27NO2.CH3NO/c1-23-15-17-24(18-16-23)21-33(37)36-32-20-19-26(22-31(32)35(38)25-9-3-2-4-10-25)34-29-13-7-5-11-27(29)28-12-6-8-14-30(28)34;2-1-3/h2-20,22,34H,21H2,1H3,(H,36,37);1H,(H2,2,3). The Morgan fingerprint density at radius 1 is 0.756 bits per heavy atom. The van der Waals surface area contributed by atoms with E-state index in [1.54, 1.807) is 0 Å². The number of hydrogen-bond acceptors (Lipinski definition) is 3. The van der Waals surface area contributed by atoms with Crippen molar-refractivity contribution in [2.45, 2.75) is 19.3 Å². The Balaban J connectivity index is 0.00000108. The minimum absolute atomic E-state index is 0.0158. The molecule has 5 aromatic rings. The molecule has 0 aromatic heterocycles. The minimum atomic E-state index is -0.153. The van der Waals surface area contributed by atoms with E-state index in [0.29, 0.717) is 16.8 Å². The molecule has 0 spiro atoms. The first kappa shape index (κ1) is 27.3. The number of fused-ring (bicyclic) bond motifs is 3. The summed E-state index contributed by atoms with van der Waals surface area (Å²) in [5.41, 5.74) is 13.8. The third-order valence-electron chi connectivity index (χ3n) is 7.25. The van der Waals surface area contributed by atoms with Crippen LogP contribution in [0.3, 0.4) is 0 Å². The quantitative estimate of drug-likeness (QED) is 0.183. The predicted molar refractivity (Wildman–Crippen MR) is 163 cm³/mol. The highest BCUT2D eigenvalue weighted by molar-refractivity contribution is 6.14. The van der Waals surface area contributed by atoms with Crippen LogP contribution in [0.5, 0.6) is 0 Å². The Bertz CT molecular complexity index is 1660. The number of primary amides is 1. The monoisotopic (exact) mass is 538 g/mol. The highest BCUT2D eigenvalue weighted by Gasteiger charge is 2.30. The lowest BCUT2D eigenvalue weighted by Gasteiger charge is -2.18. The highest BCUT2D eigenvalue weighted by atomic mass is 16.2. The molecule has 2 amide bonds. The van der Waals surface area contributed by atoms with Crippen LogP contribution in [0.25, 0.3) is 11.1 Å². The molecule has 6 rings (SSSR count). The molecule has 0 unspecified atom stereocenters. The Hall–Kier alpha value is -5.29. The van der Waals surface area contributed by atoms with E-state index in [0.717, 1.165) is 16.7 Å². The summed E-state index contributed by atoms with van der Waals surface area (Å²) in [6.45, 7) is 2.02. The van der Waals surface area contributed by atoms with Gasteiger partial charge in [0.25, 0.3) is 0 Å². The van der Waals surface area contributed by atoms with Crippen molar-refractivity contribution in [1.82, 2.24) is 0 Å². The zero-order valence-corrected chi connectivity index (χ0v) is 22.7. The number of rotatable bonds is 6. The number of hydrogen-bond donors (Lipinski definition) is 2. The van der Waals surface area contributed by atoms with E-state index in [9.17, 15) is 9.59 Å². The van der Waals surface area contributed by atoms with Gasteiger partial charge in [-0.1, -0.05) is 115 Å². The second kappa shape index (κ2) is 12.3. The molecule has 1 aliphatic rings. The van der Waals surface area contributed by atoms with Gasteiger partial charge in [0, 0.05) is 17.0 Å². The molecule has 0 saturated carbocycles. The summed E-state index contributed by atoms with van der Waals surface area (Å²) < 4.78 is 0. The van der Waals surface area contributed by atoms with Crippen LogP contribution in [-0.4, -0.2) is 18.1 Å². The molecule has 5 nitrogen and oxygen atoms in total. The molecule has 0 aliphatic heterocycles. The predicted octanol–water partition coefficient (Wildman–Crippen LogP) is 6.67. The zero-order chi connectivity index (χ0) is 28.8. The average molecular weight is 539 g/mol. The molecule has 0 atom stereocenters. The van der Waals surface area contributed by atoms with E-state index in [4.69, 9.17) is 4.79 Å². The summed E-state index contributed by atoms with van der Waals surface area (Å²) in [5.74, 6) is -0.250. The number of ketones is 1. The summed E-state index contributed by atoms with van der Waals surface area (Å²) in [6, 6.07) is 39.9. The van der Waals surface area contributed by atoms with Crippen molar-refractivity contribution >= 4 is 23.8 Å². The van der Waals surface area contributed by atoms with E-state index in [1.165, 1.54) is 22.3 Å². The summed E-state index contributed by atoms with van der Waals surface area (Å²) >= 11 is 0. The van der Waals surface area contributed by atoms with E-state index < -0.39 is 0 Å². The lowest BCUT2D eigenvalue weighted by molar-refractivity contribution is -0.115. The maximum atomic E-state index is 13.8. The number of nitrogens with one attached hydrogen (secondary N) is 1. The van der Waals surface area contributed by atoms with Crippen molar-refractivity contribution in [3.8, 4) is 11.1 Å². The third-order valence-corrected chi connectivity index (χ3v) is 7.25. The maximum Gasteiger partial charge on any atom is 0.228 e. The van der Waals surface area contributed by atoms with Gasteiger partial charge in [0.05, 0.1) is 12.1 Å². The van der Waals surface area contributed by atoms with Gasteiger partial charge in [-0.05, 0) is 52.4 Å². The number of benzene rings is 5. The van der Waals surface area contributed by atoms with Crippen LogP contribution in [0, 0.1) is 6.92 Å². The molecular weight excluding hydrogens is 508 g/mol. The van der Waals surface area contributed by atoms with Crippen molar-refractivity contribution in [2.75, 3.05) is 5.32 Å². The average Bonchev–Trinajstić information content (AvgIpc) is 3.33. The van der Waals surface area contributed by atoms with Crippen LogP contribution >= 0.6 is 0 Å². The maximum absolute atomic E-state index is 13.8. The molecule has 0 heterocycles. The van der Waals surface area contributed by atoms with Crippen molar-refractivity contribution in [3.05, 3.63) is 160 Å². The largest absolute Gasteiger partial charge is 0.372 e. The van der Waals surface area contributed by atoms with Crippen LogP contribution in [0.4, 0.5) is 5.69 Å². The summed E-state index contributed by atoms with van der Waals surface area (Å²) in [4.78, 5) is 35.4. The Labute approximate surface area is 239 Å². The first-order chi connectivity index (χ1) is 20.0. The molecule has 41 heavy (non-hydrogen) atoms. The van der Waals surface area contributed by atoms with Crippen molar-refractivity contribution in [3.63, 3.8) is 0 Å². The van der Waals surface area contributed by atoms with Crippen LogP contribution in [0.2, 0.25) is 0 Å². The lowest BCUT2D eigenvalue weighted by Crippen LogP contribution is -2.17. The van der Waals surface area contributed by atoms with Crippen molar-refractivity contribution in [1.29, 1.82) is 0 Å². The number of carbonyl (C=O) groups excluding carboxylic acids is 3. The van der Waals surface area contributed by atoms with Gasteiger partial charge >= 0.3 is 0 Å². The van der Waals surface area contributed by atoms with E-state index >= 15 is 0 Å². The van der Waals surface area contributed by atoms with Gasteiger partial charge in [-0.2, -0.15) is 0 Å². The molecule has 1 aliphatic carbocycles. The molecule has 0 bridgehead atoms. The van der Waals surface area contributed by atoms with Gasteiger partial charge in [-0.3, -0.25) is 14.4 Å². The van der Waals surface area contributed by atoms with Gasteiger partial charge in [-0.15, -0.1) is 0 Å². The van der Waals surface area contributed by atoms with Crippen molar-refractivity contribution in [2.24, 2.45) is 5.73 Å². The van der Waals surface area contributed by atoms with Crippen molar-refractivity contribution < 1.29 is 14.4 Å². The van der Waals surface area contributed by atoms with Gasteiger partial charge in [-0.25, -0.2) is 0 Å². The van der Waals surface area contributed by atoms with Crippen LogP contribution in [-0.2, 0) is 16.0 Å². The lowest BCUT2D eigenvalue weighted by atomic mass is 9.87. The van der Waals surface area contributed by atoms with Gasteiger partial charge < -0.3 is 11.1 Å². The van der Waals surface area contributed by atoms with Crippen LogP contribution in [0.15, 0.2) is 121 Å². The molecule has 5 aromatic carbocycles. The second-order valence-corrected chi connectivity index (χ2v) is 9.95. The first-order valence-corrected chi connectivity index (χ1v) is 13.4. The zero-order valence-electron chi connectivity index (χ0n) is 22.7. The van der Waals surface area contributed by atoms with Gasteiger partial charge in [0.2, 0.25) is 12.3 Å². The Kier molecular flexibility index (Phi) is 8.16. The number of anilines is 1. The van der Waals surface area contributed by atoms with Crippen LogP contribution < -0.4 is 11.1 Å². The molecule has 0 fully saturated rings. The summed E-state index contributed by atoms with van der Waals surface area (Å²) in [6.07, 6.45) is 0.490. The number of aryl methyl sites for hydroxylation is 1. The molecule has 5 heteroatoms. The minimum Gasteiger partial charge on any atom is -0.372 e. The number of nitrogens with two attached hydrogens (primary N) is 1. The molecule has 0 radical (unpaired) electrons. The fourth-order valence-corrected chi connectivity index (χ4v) is 5.38. The smallest absolute Gasteiger partial charge is 0.228 e. The fourth-order valence-electron chi connectivity index (χ4n) is 5.38. The van der Waals surface area contributed by atoms with Gasteiger partial charge in [0.15, 0.2) is 5.78 Å². The second-order valence-electron chi connectivity index (χ2n) is 9.95. The third kappa shape index (κ3) is 5.85. The van der Waals surface area contributed by atoms with E-state index in [1.807, 2.05) is 79.7 Å². The molecule has 202 valence electrons. The molecule has 0 saturated heterocycles.